The summed E-state index contributed by atoms with van der Waals surface area (Å²) in [5, 5.41) is 0. The molecule has 0 atom stereocenters. The summed E-state index contributed by atoms with van der Waals surface area (Å²) in [6, 6.07) is 10.6. The van der Waals surface area contributed by atoms with Crippen molar-refractivity contribution in [1.29, 1.82) is 0 Å². The highest BCUT2D eigenvalue weighted by Gasteiger charge is 2.11. The van der Waals surface area contributed by atoms with Crippen LogP contribution < -0.4 is 0 Å². The largest absolute Gasteiger partial charge is 0.388 e. The molecule has 0 radical (unpaired) electrons. The Morgan fingerprint density at radius 3 is 1.54 bits per heavy atom. The highest BCUT2D eigenvalue weighted by atomic mass is 16.4. The van der Waals surface area contributed by atoms with Crippen molar-refractivity contribution in [2.45, 2.75) is 26.2 Å². The lowest BCUT2D eigenvalue weighted by atomic mass is 9.87. The van der Waals surface area contributed by atoms with Gasteiger partial charge in [-0.3, -0.25) is 0 Å². The molecule has 0 aromatic heterocycles. The van der Waals surface area contributed by atoms with Crippen LogP contribution in [0.15, 0.2) is 30.3 Å². The zero-order valence-electron chi connectivity index (χ0n) is 9.29. The number of rotatable bonds is 0. The Balaban J connectivity index is 0.000000424. The van der Waals surface area contributed by atoms with Crippen molar-refractivity contribution in [2.75, 3.05) is 14.2 Å². The van der Waals surface area contributed by atoms with Crippen LogP contribution in [0, 0.1) is 0 Å². The zero-order chi connectivity index (χ0) is 10.3. The van der Waals surface area contributed by atoms with Gasteiger partial charge in [-0.05, 0) is 11.0 Å². The molecule has 1 aromatic carbocycles. The van der Waals surface area contributed by atoms with Gasteiger partial charge in [0.25, 0.3) is 0 Å². The van der Waals surface area contributed by atoms with Crippen molar-refractivity contribution >= 4 is 0 Å². The second-order valence-corrected chi connectivity index (χ2v) is 4.02. The number of hydrogen-bond acceptors (Lipinski definition) is 1. The first kappa shape index (κ1) is 12.2. The normalized spacial score (nSPS) is 10.2. The van der Waals surface area contributed by atoms with Gasteiger partial charge in [0.15, 0.2) is 0 Å². The van der Waals surface area contributed by atoms with E-state index >= 15 is 0 Å². The number of benzene rings is 1. The molecule has 0 aliphatic rings. The minimum absolute atomic E-state index is 0.293. The van der Waals surface area contributed by atoms with Gasteiger partial charge in [0.05, 0.1) is 0 Å². The van der Waals surface area contributed by atoms with Crippen LogP contribution in [0.5, 0.6) is 0 Å². The van der Waals surface area contributed by atoms with Gasteiger partial charge < -0.3 is 4.74 Å². The van der Waals surface area contributed by atoms with Crippen molar-refractivity contribution in [3.63, 3.8) is 0 Å². The average molecular weight is 180 g/mol. The molecule has 1 aromatic rings. The standard InChI is InChI=1S/C10H14.C2H6O/c1-10(2,3)9-7-5-4-6-8-9;1-3-2/h4-8H,1-3H3;1-2H3. The molecule has 13 heavy (non-hydrogen) atoms. The Bertz CT molecular complexity index is 208. The third kappa shape index (κ3) is 5.42. The molecular formula is C12H20O. The van der Waals surface area contributed by atoms with E-state index < -0.39 is 0 Å². The second-order valence-electron chi connectivity index (χ2n) is 4.02. The molecule has 0 amide bonds. The molecule has 0 saturated carbocycles. The Hall–Kier alpha value is -0.820. The molecule has 0 unspecified atom stereocenters. The third-order valence-electron chi connectivity index (χ3n) is 1.64. The first-order valence-electron chi connectivity index (χ1n) is 4.48. The van der Waals surface area contributed by atoms with E-state index in [4.69, 9.17) is 0 Å². The Kier molecular flexibility index (Phi) is 5.40. The van der Waals surface area contributed by atoms with Gasteiger partial charge in [0, 0.05) is 14.2 Å². The van der Waals surface area contributed by atoms with Crippen molar-refractivity contribution in [2.24, 2.45) is 0 Å². The van der Waals surface area contributed by atoms with Crippen LogP contribution in [-0.4, -0.2) is 14.2 Å². The zero-order valence-corrected chi connectivity index (χ0v) is 9.29. The molecule has 0 spiro atoms. The Morgan fingerprint density at radius 1 is 0.923 bits per heavy atom. The van der Waals surface area contributed by atoms with E-state index in [1.807, 2.05) is 0 Å². The highest BCUT2D eigenvalue weighted by molar-refractivity contribution is 5.21. The van der Waals surface area contributed by atoms with Crippen LogP contribution in [0.1, 0.15) is 26.3 Å². The number of methoxy groups -OCH3 is 1. The smallest absolute Gasteiger partial charge is 0.0351 e. The summed E-state index contributed by atoms with van der Waals surface area (Å²) in [5.41, 5.74) is 1.69. The predicted octanol–water partition coefficient (Wildman–Crippen LogP) is 3.25. The molecule has 0 fully saturated rings. The van der Waals surface area contributed by atoms with Crippen molar-refractivity contribution < 1.29 is 4.74 Å². The van der Waals surface area contributed by atoms with Gasteiger partial charge in [-0.25, -0.2) is 0 Å². The predicted molar refractivity (Wildman–Crippen MR) is 58.1 cm³/mol. The van der Waals surface area contributed by atoms with Crippen LogP contribution in [-0.2, 0) is 10.2 Å². The average Bonchev–Trinajstić information content (AvgIpc) is 2.06. The third-order valence-corrected chi connectivity index (χ3v) is 1.64. The summed E-state index contributed by atoms with van der Waals surface area (Å²) >= 11 is 0. The van der Waals surface area contributed by atoms with Gasteiger partial charge >= 0.3 is 0 Å². The summed E-state index contributed by atoms with van der Waals surface area (Å²) in [6.07, 6.45) is 0. The van der Waals surface area contributed by atoms with E-state index in [0.717, 1.165) is 0 Å². The van der Waals surface area contributed by atoms with Crippen molar-refractivity contribution in [3.8, 4) is 0 Å². The van der Waals surface area contributed by atoms with E-state index in [9.17, 15) is 0 Å². The highest BCUT2D eigenvalue weighted by Crippen LogP contribution is 2.20. The maximum Gasteiger partial charge on any atom is 0.0351 e. The first-order valence-corrected chi connectivity index (χ1v) is 4.48. The second kappa shape index (κ2) is 5.76. The van der Waals surface area contributed by atoms with Gasteiger partial charge in [-0.2, -0.15) is 0 Å². The monoisotopic (exact) mass is 180 g/mol. The van der Waals surface area contributed by atoms with Gasteiger partial charge in [-0.15, -0.1) is 0 Å². The molecule has 1 rings (SSSR count). The lowest BCUT2D eigenvalue weighted by Crippen LogP contribution is -2.10. The van der Waals surface area contributed by atoms with E-state index in [0.29, 0.717) is 5.41 Å². The molecule has 1 heteroatoms. The topological polar surface area (TPSA) is 9.23 Å². The Morgan fingerprint density at radius 2 is 1.31 bits per heavy atom. The maximum atomic E-state index is 4.25. The summed E-state index contributed by atoms with van der Waals surface area (Å²) in [5.74, 6) is 0. The molecule has 0 N–H and O–H groups in total. The van der Waals surface area contributed by atoms with Gasteiger partial charge in [0.2, 0.25) is 0 Å². The van der Waals surface area contributed by atoms with Crippen molar-refractivity contribution in [1.82, 2.24) is 0 Å². The quantitative estimate of drug-likeness (QED) is 0.595. The summed E-state index contributed by atoms with van der Waals surface area (Å²) in [7, 11) is 3.25. The molecule has 1 nitrogen and oxygen atoms in total. The van der Waals surface area contributed by atoms with Crippen LogP contribution in [0.4, 0.5) is 0 Å². The first-order chi connectivity index (χ1) is 6.02. The van der Waals surface area contributed by atoms with Gasteiger partial charge in [0.1, 0.15) is 0 Å². The van der Waals surface area contributed by atoms with Crippen LogP contribution in [0.3, 0.4) is 0 Å². The summed E-state index contributed by atoms with van der Waals surface area (Å²) in [4.78, 5) is 0. The van der Waals surface area contributed by atoms with E-state index in [-0.39, 0.29) is 0 Å². The molecule has 0 heterocycles. The van der Waals surface area contributed by atoms with Crippen molar-refractivity contribution in [3.05, 3.63) is 35.9 Å². The van der Waals surface area contributed by atoms with E-state index in [2.05, 4.69) is 55.8 Å². The molecule has 0 bridgehead atoms. The van der Waals surface area contributed by atoms with Crippen LogP contribution >= 0.6 is 0 Å². The fraction of sp³-hybridized carbons (Fsp3) is 0.500. The molecule has 0 aliphatic heterocycles. The minimum atomic E-state index is 0.293. The number of ether oxygens (including phenoxy) is 1. The number of hydrogen-bond donors (Lipinski definition) is 0. The summed E-state index contributed by atoms with van der Waals surface area (Å²) in [6.45, 7) is 6.67. The van der Waals surface area contributed by atoms with Crippen LogP contribution in [0.25, 0.3) is 0 Å². The fourth-order valence-corrected chi connectivity index (χ4v) is 0.938. The van der Waals surface area contributed by atoms with E-state index in [1.165, 1.54) is 5.56 Å². The molecular weight excluding hydrogens is 160 g/mol. The fourth-order valence-electron chi connectivity index (χ4n) is 0.938. The van der Waals surface area contributed by atoms with E-state index in [1.54, 1.807) is 14.2 Å². The lowest BCUT2D eigenvalue weighted by molar-refractivity contribution is 0.277. The summed E-state index contributed by atoms with van der Waals surface area (Å²) < 4.78 is 4.25. The molecule has 0 aliphatic carbocycles. The molecule has 74 valence electrons. The SMILES string of the molecule is CC(C)(C)c1ccccc1.COC. The molecule has 0 saturated heterocycles. The minimum Gasteiger partial charge on any atom is -0.388 e. The van der Waals surface area contributed by atoms with Crippen LogP contribution in [0.2, 0.25) is 0 Å². The lowest BCUT2D eigenvalue weighted by Gasteiger charge is -2.18. The van der Waals surface area contributed by atoms with Gasteiger partial charge in [-0.1, -0.05) is 51.1 Å². The maximum absolute atomic E-state index is 4.25. The Labute approximate surface area is 81.7 Å².